The van der Waals surface area contributed by atoms with Crippen LogP contribution in [0.1, 0.15) is 440 Å². The maximum atomic E-state index is 11.8. The molecule has 15 N–H and O–H groups in total. The van der Waals surface area contributed by atoms with Crippen molar-refractivity contribution in [3.63, 3.8) is 0 Å². The Morgan fingerprint density at radius 1 is 0.308 bits per heavy atom. The summed E-state index contributed by atoms with van der Waals surface area (Å²) in [5, 5.41) is 95.0. The van der Waals surface area contributed by atoms with E-state index in [9.17, 15) is 55.2 Å². The summed E-state index contributed by atoms with van der Waals surface area (Å²) in [5.41, 5.74) is 18.1. The standard InChI is InChI=1S/C26H46N2O3.C25H41ClO4.C25H41ClO3.C24H43NO2.C24H43NO/c1-5-6-15(2)18-7-8-19-24-20(13-22(30)26(18,19)4)25(3)10-9-17(28-23(31)14-27)11-16(25)12-21(24)29;1-5-6-14(2)17-7-8-18-22-19(13-21(28)25(17,18)4)24(3)10-9-16(30-23(26)29)11-15(24)12-20(22)27;1-5-6-15(2)19-9-10-20-18-8-7-16-13-17(29-23(26)28)11-12-24(16,3)21(18)14-22(27)25(19,20)4;1-5-6-14(2)17-7-8-18-22-19(13-21(27)24(17,18)4)23(3)10-9-16(25)11-15(23)12-20(22)26;1-5-6-15(2)19-9-10-20-18-8-7-16-13-17(25)11-12-23(16,3)21(18)14-22(26)24(19,20)4/h15-22,24,29-30H,5-14,27H2,1-4H3,(H,28,31);14-22,27-28H,5-13H2,1-4H3;15-22,27H,5-14H2,1-4H3;14-22,26-27H,5-13,25H2,1-4H3;15-22,26H,5-14,25H2,1-4H3/t15?,16-,17-,18+,19?,20?,21+,22-,24?,25-,26+;14?,15-,16+,17+,18?,19?,20+,21-,22?,24-,25+;15?,16-,17-,18?,19-,20?,21?,22+,24+,25-;14?,15-,16-,17+,18?,19?,20+,21-,22?,23-,24+;15?,16-,17+,18?,19-,20?,21?,22+,23+,24-/m00101/s1. The SMILES string of the molecule is CCCC(C)[C@H]1CCC2C3C(C[C@H](O)[C@@]21C)[C@@]1(C)CC[C@@H](OC(=O)Cl)C[C@H]1C[C@H]3O.CCCC(C)[C@H]1CCC2C3C(C[C@H](O)[C@@]21C)[C@@]1(C)CC[C@H](N)C[C@H]1C[C@H]3O.CCCC(C)[C@H]1CCC2C3C(C[C@H](O)[C@@]21C)[C@@]1(C)CC[C@H](NC(=O)CN)C[C@H]1C[C@H]3O.CCCC(C)[C@H]1CCC2C3CC[C@@H]4C[C@@H](N)CC[C@]4(C)C3C[C@H](O)[C@@]21C.CCCC(C)[C@H]1CCC2C3CC[C@@H]4C[C@H](OC(=O)Cl)CC[C@]4(C)C3C[C@H](O)[C@@]21C. The first-order valence-electron chi connectivity index (χ1n) is 61.2. The molecule has 20 unspecified atom stereocenters. The molecule has 1 amide bonds. The molecule has 0 spiro atoms. The molecule has 0 aromatic carbocycles. The number of hydrogen-bond acceptors (Lipinski definition) is 16. The highest BCUT2D eigenvalue weighted by Gasteiger charge is 2.73. The summed E-state index contributed by atoms with van der Waals surface area (Å²) in [6.45, 7) is 47.8. The van der Waals surface area contributed by atoms with Gasteiger partial charge in [0, 0.05) is 41.3 Å². The topological polar surface area (TPSA) is 322 Å². The minimum absolute atomic E-state index is 0.00893. The van der Waals surface area contributed by atoms with E-state index in [0.717, 1.165) is 176 Å². The van der Waals surface area contributed by atoms with E-state index in [1.54, 1.807) is 0 Å². The van der Waals surface area contributed by atoms with Crippen LogP contribution in [0, 0.1) is 232 Å². The minimum Gasteiger partial charge on any atom is -0.450 e. The smallest absolute Gasteiger partial charge is 0.404 e. The lowest BCUT2D eigenvalue weighted by atomic mass is 9.43. The van der Waals surface area contributed by atoms with Crippen molar-refractivity contribution in [3.8, 4) is 0 Å². The van der Waals surface area contributed by atoms with E-state index >= 15 is 0 Å². The first-order chi connectivity index (χ1) is 67.5. The van der Waals surface area contributed by atoms with Crippen molar-refractivity contribution < 1.29 is 64.7 Å². The van der Waals surface area contributed by atoms with Crippen LogP contribution < -0.4 is 22.5 Å². The number of halogens is 2. The van der Waals surface area contributed by atoms with Crippen LogP contribution in [0.5, 0.6) is 0 Å². The molecule has 17 nitrogen and oxygen atoms in total. The van der Waals surface area contributed by atoms with E-state index < -0.39 is 10.9 Å². The lowest BCUT2D eigenvalue weighted by Crippen LogP contribution is -2.63. The Balaban J connectivity index is 0.000000129. The number of aliphatic hydroxyl groups excluding tert-OH is 8. The summed E-state index contributed by atoms with van der Waals surface area (Å²) in [6.07, 6.45) is 50.9. The van der Waals surface area contributed by atoms with Gasteiger partial charge in [0.1, 0.15) is 12.2 Å². The number of rotatable bonds is 19. The highest BCUT2D eigenvalue weighted by molar-refractivity contribution is 6.61. The molecule has 0 heterocycles. The Morgan fingerprint density at radius 3 is 0.881 bits per heavy atom. The molecule has 822 valence electrons. The van der Waals surface area contributed by atoms with E-state index in [4.69, 9.17) is 49.9 Å². The summed E-state index contributed by atoms with van der Waals surface area (Å²) in [6, 6.07) is 0.896. The van der Waals surface area contributed by atoms with Crippen LogP contribution in [0.2, 0.25) is 0 Å². The fraction of sp³-hybridized carbons (Fsp3) is 0.976. The molecule has 0 aromatic heterocycles. The summed E-state index contributed by atoms with van der Waals surface area (Å²) in [5.74, 6) is 17.0. The quantitative estimate of drug-likeness (QED) is 0.0535. The first kappa shape index (κ1) is 114. The summed E-state index contributed by atoms with van der Waals surface area (Å²) < 4.78 is 10.7. The average molecular weight is 2040 g/mol. The van der Waals surface area contributed by atoms with Crippen molar-refractivity contribution in [2.75, 3.05) is 6.54 Å². The van der Waals surface area contributed by atoms with Gasteiger partial charge in [0.05, 0.1) is 55.4 Å². The molecule has 53 atom stereocenters. The fourth-order valence-electron chi connectivity index (χ4n) is 45.0. The molecular weight excluding hydrogens is 1820 g/mol. The molecule has 20 fully saturated rings. The monoisotopic (exact) mass is 2040 g/mol. The third-order valence-corrected chi connectivity index (χ3v) is 52.7. The Bertz CT molecular complexity index is 4230. The first-order valence-corrected chi connectivity index (χ1v) is 62.0. The van der Waals surface area contributed by atoms with E-state index in [1.807, 2.05) is 0 Å². The van der Waals surface area contributed by atoms with Gasteiger partial charge in [0.15, 0.2) is 0 Å². The number of hydrogen-bond donors (Lipinski definition) is 12. The van der Waals surface area contributed by atoms with Crippen LogP contribution in [0.4, 0.5) is 9.59 Å². The summed E-state index contributed by atoms with van der Waals surface area (Å²) in [7, 11) is 0. The summed E-state index contributed by atoms with van der Waals surface area (Å²) >= 11 is 11.0. The molecule has 0 bridgehead atoms. The highest BCUT2D eigenvalue weighted by Crippen LogP contribution is 2.76. The molecule has 0 saturated heterocycles. The van der Waals surface area contributed by atoms with Gasteiger partial charge < -0.3 is 72.8 Å². The van der Waals surface area contributed by atoms with Crippen LogP contribution in [-0.4, -0.2) is 143 Å². The number of carbonyl (C=O) groups excluding carboxylic acids is 3. The van der Waals surface area contributed by atoms with Gasteiger partial charge in [-0.05, 0) is 469 Å². The highest BCUT2D eigenvalue weighted by atomic mass is 35.5. The minimum atomic E-state index is -0.722. The van der Waals surface area contributed by atoms with Crippen molar-refractivity contribution in [2.45, 2.75) is 519 Å². The Morgan fingerprint density at radius 2 is 0.566 bits per heavy atom. The van der Waals surface area contributed by atoms with Crippen LogP contribution >= 0.6 is 23.2 Å². The van der Waals surface area contributed by atoms with Crippen molar-refractivity contribution >= 4 is 40.0 Å². The fourth-order valence-corrected chi connectivity index (χ4v) is 45.2. The molecule has 0 aliphatic heterocycles. The Hall–Kier alpha value is -1.45. The zero-order valence-electron chi connectivity index (χ0n) is 93.9. The zero-order chi connectivity index (χ0) is 104. The third-order valence-electron chi connectivity index (χ3n) is 52.5. The van der Waals surface area contributed by atoms with E-state index in [2.05, 4.69) is 144 Å². The Kier molecular flexibility index (Phi) is 35.6. The molecule has 0 aromatic rings. The lowest BCUT2D eigenvalue weighted by Gasteiger charge is -2.63. The summed E-state index contributed by atoms with van der Waals surface area (Å²) in [4.78, 5) is 34.3. The van der Waals surface area contributed by atoms with Gasteiger partial charge in [-0.2, -0.15) is 0 Å². The number of ether oxygens (including phenoxy) is 2. The second-order valence-electron chi connectivity index (χ2n) is 57.9. The Labute approximate surface area is 879 Å². The number of carbonyl (C=O) groups is 3. The van der Waals surface area contributed by atoms with Gasteiger partial charge in [-0.1, -0.05) is 203 Å². The lowest BCUT2D eigenvalue weighted by molar-refractivity contribution is -0.206. The number of fused-ring (bicyclic) bond motifs is 25. The zero-order valence-corrected chi connectivity index (χ0v) is 95.4. The number of nitrogens with two attached hydrogens (primary N) is 3. The van der Waals surface area contributed by atoms with Crippen LogP contribution in [0.3, 0.4) is 0 Å². The average Bonchev–Trinajstić information content (AvgIpc) is 1.59. The van der Waals surface area contributed by atoms with Crippen LogP contribution in [0.25, 0.3) is 0 Å². The predicted octanol–water partition coefficient (Wildman–Crippen LogP) is 25.8. The van der Waals surface area contributed by atoms with E-state index in [1.165, 1.54) is 167 Å². The van der Waals surface area contributed by atoms with Crippen LogP contribution in [0.15, 0.2) is 0 Å². The molecule has 20 rings (SSSR count). The second-order valence-corrected chi connectivity index (χ2v) is 58.5. The molecule has 20 aliphatic carbocycles. The van der Waals surface area contributed by atoms with Gasteiger partial charge in [0.25, 0.3) is 0 Å². The molecule has 0 radical (unpaired) electrons. The van der Waals surface area contributed by atoms with Gasteiger partial charge in [-0.3, -0.25) is 4.79 Å². The van der Waals surface area contributed by atoms with Gasteiger partial charge in [0.2, 0.25) is 5.91 Å². The molecule has 20 aliphatic rings. The molecular formula is C124H214Cl2N4O13. The number of aliphatic hydroxyl groups is 8. The van der Waals surface area contributed by atoms with Crippen molar-refractivity contribution in [1.29, 1.82) is 0 Å². The largest absolute Gasteiger partial charge is 0.450 e. The van der Waals surface area contributed by atoms with Crippen molar-refractivity contribution in [1.82, 2.24) is 5.32 Å². The maximum absolute atomic E-state index is 11.8. The molecule has 19 heteroatoms. The molecule has 143 heavy (non-hydrogen) atoms. The number of amides is 1. The van der Waals surface area contributed by atoms with E-state index in [-0.39, 0.29) is 134 Å². The van der Waals surface area contributed by atoms with Crippen LogP contribution in [-0.2, 0) is 14.3 Å². The van der Waals surface area contributed by atoms with E-state index in [0.29, 0.717) is 148 Å². The second kappa shape index (κ2) is 44.7. The van der Waals surface area contributed by atoms with Gasteiger partial charge in [-0.25, -0.2) is 9.59 Å². The maximum Gasteiger partial charge on any atom is 0.404 e. The molecule has 20 saturated carbocycles. The van der Waals surface area contributed by atoms with Gasteiger partial charge in [-0.15, -0.1) is 0 Å². The normalized spacial score (nSPS) is 52.4. The van der Waals surface area contributed by atoms with Crippen molar-refractivity contribution in [2.24, 2.45) is 249 Å². The van der Waals surface area contributed by atoms with Crippen molar-refractivity contribution in [3.05, 3.63) is 0 Å². The number of nitrogens with one attached hydrogen (secondary N) is 1. The predicted molar refractivity (Wildman–Crippen MR) is 577 cm³/mol. The van der Waals surface area contributed by atoms with Gasteiger partial charge >= 0.3 is 10.9 Å². The third kappa shape index (κ3) is 20.1.